The Morgan fingerprint density at radius 1 is 1.00 bits per heavy atom. The predicted molar refractivity (Wildman–Crippen MR) is 80.6 cm³/mol. The highest BCUT2D eigenvalue weighted by atomic mass is 16.1. The lowest BCUT2D eigenvalue weighted by Gasteiger charge is -2.11. The Hall–Kier alpha value is -2.68. The second kappa shape index (κ2) is 5.13. The van der Waals surface area contributed by atoms with Gasteiger partial charge < -0.3 is 5.32 Å². The maximum Gasteiger partial charge on any atom is 0.252 e. The molecule has 1 aromatic heterocycles. The summed E-state index contributed by atoms with van der Waals surface area (Å²) in [6.45, 7) is 0. The molecule has 0 unspecified atom stereocenters. The summed E-state index contributed by atoms with van der Waals surface area (Å²) >= 11 is 0. The molecule has 3 rings (SSSR count). The molecule has 0 aliphatic rings. The number of amides is 1. The van der Waals surface area contributed by atoms with Crippen LogP contribution in [0.4, 0.5) is 0 Å². The number of pyridine rings is 1. The van der Waals surface area contributed by atoms with Crippen molar-refractivity contribution >= 4 is 16.8 Å². The molecule has 0 atom stereocenters. The second-order valence-corrected chi connectivity index (χ2v) is 4.51. The Balaban J connectivity index is 2.35. The number of aromatic nitrogens is 1. The maximum absolute atomic E-state index is 12.3. The van der Waals surface area contributed by atoms with Crippen molar-refractivity contribution in [3.8, 4) is 11.1 Å². The number of hydrogen-bond acceptors (Lipinski definition) is 2. The minimum absolute atomic E-state index is 0.0950. The largest absolute Gasteiger partial charge is 0.355 e. The van der Waals surface area contributed by atoms with Gasteiger partial charge in [0.15, 0.2) is 0 Å². The van der Waals surface area contributed by atoms with E-state index in [1.54, 1.807) is 13.2 Å². The Labute approximate surface area is 117 Å². The van der Waals surface area contributed by atoms with Gasteiger partial charge in [0.25, 0.3) is 5.91 Å². The third-order valence-electron chi connectivity index (χ3n) is 3.31. The lowest BCUT2D eigenvalue weighted by molar-refractivity contribution is 0.0965. The molecular formula is C17H14N2O. The second-order valence-electron chi connectivity index (χ2n) is 4.51. The lowest BCUT2D eigenvalue weighted by Crippen LogP contribution is -2.19. The van der Waals surface area contributed by atoms with Crippen molar-refractivity contribution in [2.75, 3.05) is 7.05 Å². The van der Waals surface area contributed by atoms with E-state index in [2.05, 4.69) is 10.3 Å². The van der Waals surface area contributed by atoms with Crippen LogP contribution in [0.1, 0.15) is 10.4 Å². The van der Waals surface area contributed by atoms with E-state index in [0.29, 0.717) is 5.56 Å². The van der Waals surface area contributed by atoms with Crippen LogP contribution in [0.2, 0.25) is 0 Å². The molecule has 1 amide bonds. The van der Waals surface area contributed by atoms with Crippen LogP contribution in [-0.4, -0.2) is 17.9 Å². The number of nitrogens with zero attached hydrogens (tertiary/aromatic N) is 1. The molecule has 0 fully saturated rings. The first-order valence-electron chi connectivity index (χ1n) is 6.46. The molecule has 0 aliphatic carbocycles. The van der Waals surface area contributed by atoms with Crippen molar-refractivity contribution < 1.29 is 4.79 Å². The van der Waals surface area contributed by atoms with E-state index < -0.39 is 0 Å². The van der Waals surface area contributed by atoms with Crippen LogP contribution in [0, 0.1) is 0 Å². The average molecular weight is 262 g/mol. The summed E-state index contributed by atoms with van der Waals surface area (Å²) in [5.41, 5.74) is 3.34. The number of nitrogens with one attached hydrogen (secondary N) is 1. The van der Waals surface area contributed by atoms with E-state index in [4.69, 9.17) is 0 Å². The fourth-order valence-electron chi connectivity index (χ4n) is 2.35. The fraction of sp³-hybridized carbons (Fsp3) is 0.0588. The number of carbonyl (C=O) groups is 1. The molecule has 0 bridgehead atoms. The van der Waals surface area contributed by atoms with Gasteiger partial charge >= 0.3 is 0 Å². The zero-order valence-electron chi connectivity index (χ0n) is 11.1. The lowest BCUT2D eigenvalue weighted by atomic mass is 9.97. The molecule has 0 spiro atoms. The van der Waals surface area contributed by atoms with Gasteiger partial charge in [0, 0.05) is 24.2 Å². The van der Waals surface area contributed by atoms with Gasteiger partial charge in [0.05, 0.1) is 11.1 Å². The van der Waals surface area contributed by atoms with E-state index in [0.717, 1.165) is 22.0 Å². The maximum atomic E-state index is 12.3. The van der Waals surface area contributed by atoms with Gasteiger partial charge in [-0.3, -0.25) is 9.78 Å². The summed E-state index contributed by atoms with van der Waals surface area (Å²) in [5.74, 6) is -0.0950. The topological polar surface area (TPSA) is 42.0 Å². The molecule has 98 valence electrons. The van der Waals surface area contributed by atoms with Crippen LogP contribution >= 0.6 is 0 Å². The molecule has 20 heavy (non-hydrogen) atoms. The SMILES string of the molecule is CNC(=O)c1c(-c2ccccc2)cnc2ccccc12. The summed E-state index contributed by atoms with van der Waals surface area (Å²) < 4.78 is 0. The standard InChI is InChI=1S/C17H14N2O/c1-18-17(20)16-13-9-5-6-10-15(13)19-11-14(16)12-7-3-2-4-8-12/h2-11H,1H3,(H,18,20). The fourth-order valence-corrected chi connectivity index (χ4v) is 2.35. The molecule has 2 aromatic carbocycles. The quantitative estimate of drug-likeness (QED) is 0.770. The van der Waals surface area contributed by atoms with E-state index in [9.17, 15) is 4.79 Å². The van der Waals surface area contributed by atoms with Gasteiger partial charge in [0.1, 0.15) is 0 Å². The third-order valence-corrected chi connectivity index (χ3v) is 3.31. The van der Waals surface area contributed by atoms with Crippen molar-refractivity contribution in [1.29, 1.82) is 0 Å². The average Bonchev–Trinajstić information content (AvgIpc) is 2.54. The van der Waals surface area contributed by atoms with Crippen molar-refractivity contribution in [3.63, 3.8) is 0 Å². The molecule has 3 nitrogen and oxygen atoms in total. The summed E-state index contributed by atoms with van der Waals surface area (Å²) in [7, 11) is 1.65. The molecule has 0 saturated heterocycles. The van der Waals surface area contributed by atoms with Crippen molar-refractivity contribution in [2.45, 2.75) is 0 Å². The molecular weight excluding hydrogens is 248 g/mol. The van der Waals surface area contributed by atoms with Crippen molar-refractivity contribution in [1.82, 2.24) is 10.3 Å². The highest BCUT2D eigenvalue weighted by Gasteiger charge is 2.16. The Bertz CT molecular complexity index is 766. The number of rotatable bonds is 2. The number of fused-ring (bicyclic) bond motifs is 1. The first kappa shape index (κ1) is 12.4. The molecule has 0 saturated carbocycles. The normalized spacial score (nSPS) is 10.4. The van der Waals surface area contributed by atoms with E-state index in [1.165, 1.54) is 0 Å². The summed E-state index contributed by atoms with van der Waals surface area (Å²) in [5, 5.41) is 3.59. The highest BCUT2D eigenvalue weighted by Crippen LogP contribution is 2.28. The highest BCUT2D eigenvalue weighted by molar-refractivity contribution is 6.11. The van der Waals surface area contributed by atoms with Crippen molar-refractivity contribution in [2.24, 2.45) is 0 Å². The van der Waals surface area contributed by atoms with E-state index in [1.807, 2.05) is 54.6 Å². The number of carbonyl (C=O) groups excluding carboxylic acids is 1. The van der Waals surface area contributed by atoms with Gasteiger partial charge in [-0.05, 0) is 11.6 Å². The molecule has 3 heteroatoms. The summed E-state index contributed by atoms with van der Waals surface area (Å²) in [6, 6.07) is 17.5. The number of benzene rings is 2. The first-order valence-corrected chi connectivity index (χ1v) is 6.46. The van der Waals surface area contributed by atoms with Gasteiger partial charge in [-0.2, -0.15) is 0 Å². The van der Waals surface area contributed by atoms with Crippen LogP contribution in [0.15, 0.2) is 60.8 Å². The molecule has 1 heterocycles. The van der Waals surface area contributed by atoms with Crippen LogP contribution in [0.25, 0.3) is 22.0 Å². The van der Waals surface area contributed by atoms with Crippen LogP contribution in [0.3, 0.4) is 0 Å². The molecule has 3 aromatic rings. The minimum Gasteiger partial charge on any atom is -0.355 e. The van der Waals surface area contributed by atoms with Gasteiger partial charge in [-0.25, -0.2) is 0 Å². The molecule has 1 N–H and O–H groups in total. The van der Waals surface area contributed by atoms with E-state index >= 15 is 0 Å². The Morgan fingerprint density at radius 3 is 2.45 bits per heavy atom. The summed E-state index contributed by atoms with van der Waals surface area (Å²) in [6.07, 6.45) is 1.77. The first-order chi connectivity index (χ1) is 9.81. The van der Waals surface area contributed by atoms with Crippen LogP contribution in [-0.2, 0) is 0 Å². The van der Waals surface area contributed by atoms with Gasteiger partial charge in [0.2, 0.25) is 0 Å². The van der Waals surface area contributed by atoms with Crippen LogP contribution in [0.5, 0.6) is 0 Å². The van der Waals surface area contributed by atoms with E-state index in [-0.39, 0.29) is 5.91 Å². The third kappa shape index (κ3) is 2.03. The number of para-hydroxylation sites is 1. The molecule has 0 radical (unpaired) electrons. The Kier molecular flexibility index (Phi) is 3.17. The predicted octanol–water partition coefficient (Wildman–Crippen LogP) is 3.26. The van der Waals surface area contributed by atoms with Crippen LogP contribution < -0.4 is 5.32 Å². The smallest absolute Gasteiger partial charge is 0.252 e. The van der Waals surface area contributed by atoms with Crippen molar-refractivity contribution in [3.05, 3.63) is 66.4 Å². The minimum atomic E-state index is -0.0950. The zero-order valence-corrected chi connectivity index (χ0v) is 11.1. The Morgan fingerprint density at radius 2 is 1.70 bits per heavy atom. The number of hydrogen-bond donors (Lipinski definition) is 1. The zero-order chi connectivity index (χ0) is 13.9. The summed E-state index contributed by atoms with van der Waals surface area (Å²) in [4.78, 5) is 16.7. The monoisotopic (exact) mass is 262 g/mol. The molecule has 0 aliphatic heterocycles. The van der Waals surface area contributed by atoms with Gasteiger partial charge in [-0.1, -0.05) is 48.5 Å². The van der Waals surface area contributed by atoms with Gasteiger partial charge in [-0.15, -0.1) is 0 Å².